The lowest BCUT2D eigenvalue weighted by Crippen LogP contribution is -2.25. The van der Waals surface area contributed by atoms with Crippen molar-refractivity contribution < 1.29 is 9.84 Å². The second kappa shape index (κ2) is 6.24. The van der Waals surface area contributed by atoms with E-state index in [0.29, 0.717) is 5.92 Å². The zero-order chi connectivity index (χ0) is 13.0. The molecule has 1 aliphatic carbocycles. The Balaban J connectivity index is 2.05. The van der Waals surface area contributed by atoms with E-state index in [4.69, 9.17) is 4.74 Å². The number of aliphatic hydroxyl groups excluding tert-OH is 1. The largest absolute Gasteiger partial charge is 0.496 e. The number of rotatable bonds is 4. The molecule has 1 N–H and O–H groups in total. The third kappa shape index (κ3) is 3.26. The molecule has 0 aliphatic heterocycles. The summed E-state index contributed by atoms with van der Waals surface area (Å²) in [4.78, 5) is 0. The van der Waals surface area contributed by atoms with Gasteiger partial charge in [0.25, 0.3) is 0 Å². The molecule has 1 fully saturated rings. The minimum Gasteiger partial charge on any atom is -0.496 e. The van der Waals surface area contributed by atoms with E-state index in [9.17, 15) is 5.11 Å². The summed E-state index contributed by atoms with van der Waals surface area (Å²) in [6, 6.07) is 6.18. The van der Waals surface area contributed by atoms with E-state index in [2.05, 4.69) is 19.1 Å². The highest BCUT2D eigenvalue weighted by Gasteiger charge is 2.22. The minimum atomic E-state index is -0.221. The number of methoxy groups -OCH3 is 1. The molecule has 18 heavy (non-hydrogen) atoms. The zero-order valence-corrected chi connectivity index (χ0v) is 11.5. The van der Waals surface area contributed by atoms with Crippen LogP contribution in [0, 0.1) is 12.8 Å². The van der Waals surface area contributed by atoms with Crippen molar-refractivity contribution in [2.45, 2.75) is 51.6 Å². The van der Waals surface area contributed by atoms with Gasteiger partial charge in [-0.15, -0.1) is 0 Å². The summed E-state index contributed by atoms with van der Waals surface area (Å²) < 4.78 is 5.38. The molecule has 0 heterocycles. The van der Waals surface area contributed by atoms with Crippen LogP contribution >= 0.6 is 0 Å². The van der Waals surface area contributed by atoms with E-state index in [-0.39, 0.29) is 6.10 Å². The van der Waals surface area contributed by atoms with Crippen molar-refractivity contribution in [1.29, 1.82) is 0 Å². The quantitative estimate of drug-likeness (QED) is 0.884. The Morgan fingerprint density at radius 2 is 2.00 bits per heavy atom. The molecule has 0 saturated heterocycles. The molecular formula is C16H24O2. The predicted octanol–water partition coefficient (Wildman–Crippen LogP) is 3.49. The van der Waals surface area contributed by atoms with Crippen LogP contribution in [0.4, 0.5) is 0 Å². The van der Waals surface area contributed by atoms with Gasteiger partial charge in [-0.2, -0.15) is 0 Å². The molecule has 1 aliphatic rings. The van der Waals surface area contributed by atoms with Crippen molar-refractivity contribution in [3.8, 4) is 5.75 Å². The van der Waals surface area contributed by atoms with E-state index in [1.807, 2.05) is 6.07 Å². The van der Waals surface area contributed by atoms with Crippen LogP contribution in [-0.2, 0) is 6.42 Å². The summed E-state index contributed by atoms with van der Waals surface area (Å²) in [6.07, 6.45) is 6.72. The Bertz CT molecular complexity index is 381. The molecule has 0 aromatic heterocycles. The Kier molecular flexibility index (Phi) is 4.65. The second-order valence-electron chi connectivity index (χ2n) is 5.48. The van der Waals surface area contributed by atoms with Crippen LogP contribution in [0.3, 0.4) is 0 Å². The molecule has 0 amide bonds. The van der Waals surface area contributed by atoms with E-state index in [0.717, 1.165) is 17.7 Å². The van der Waals surface area contributed by atoms with Gasteiger partial charge in [-0.25, -0.2) is 0 Å². The van der Waals surface area contributed by atoms with Crippen molar-refractivity contribution >= 4 is 0 Å². The zero-order valence-electron chi connectivity index (χ0n) is 11.5. The van der Waals surface area contributed by atoms with Crippen molar-refractivity contribution in [2.75, 3.05) is 7.11 Å². The van der Waals surface area contributed by atoms with Gasteiger partial charge >= 0.3 is 0 Å². The number of hydrogen-bond donors (Lipinski definition) is 1. The summed E-state index contributed by atoms with van der Waals surface area (Å²) in [5.74, 6) is 1.37. The fourth-order valence-corrected chi connectivity index (χ4v) is 2.98. The topological polar surface area (TPSA) is 29.5 Å². The van der Waals surface area contributed by atoms with Gasteiger partial charge in [0.1, 0.15) is 5.75 Å². The van der Waals surface area contributed by atoms with Gasteiger partial charge in [0.05, 0.1) is 13.2 Å². The van der Waals surface area contributed by atoms with Gasteiger partial charge < -0.3 is 9.84 Å². The third-order valence-corrected chi connectivity index (χ3v) is 4.06. The molecule has 0 radical (unpaired) electrons. The van der Waals surface area contributed by atoms with Gasteiger partial charge in [0.15, 0.2) is 0 Å². The van der Waals surface area contributed by atoms with Crippen LogP contribution in [-0.4, -0.2) is 18.3 Å². The Labute approximate surface area is 110 Å². The summed E-state index contributed by atoms with van der Waals surface area (Å²) in [7, 11) is 1.70. The van der Waals surface area contributed by atoms with Gasteiger partial charge in [-0.1, -0.05) is 37.0 Å². The van der Waals surface area contributed by atoms with Crippen LogP contribution in [0.2, 0.25) is 0 Å². The molecule has 2 heteroatoms. The molecule has 0 spiro atoms. The standard InChI is InChI=1S/C16H24O2/c1-12-8-9-16(18-2)14(10-12)11-15(17)13-6-4-3-5-7-13/h8-10,13,15,17H,3-7,11H2,1-2H3. The number of aryl methyl sites for hydroxylation is 1. The second-order valence-corrected chi connectivity index (χ2v) is 5.48. The maximum absolute atomic E-state index is 10.4. The molecule has 1 atom stereocenters. The molecule has 100 valence electrons. The molecular weight excluding hydrogens is 224 g/mol. The fraction of sp³-hybridized carbons (Fsp3) is 0.625. The van der Waals surface area contributed by atoms with E-state index >= 15 is 0 Å². The van der Waals surface area contributed by atoms with E-state index in [1.165, 1.54) is 37.7 Å². The van der Waals surface area contributed by atoms with Crippen LogP contribution in [0.25, 0.3) is 0 Å². The number of hydrogen-bond acceptors (Lipinski definition) is 2. The summed E-state index contributed by atoms with van der Waals surface area (Å²) in [5, 5.41) is 10.4. The normalized spacial score (nSPS) is 18.6. The van der Waals surface area contributed by atoms with Gasteiger partial charge in [-0.3, -0.25) is 0 Å². The Morgan fingerprint density at radius 3 is 2.67 bits per heavy atom. The van der Waals surface area contributed by atoms with Crippen LogP contribution in [0.5, 0.6) is 5.75 Å². The molecule has 1 aromatic carbocycles. The van der Waals surface area contributed by atoms with Crippen LogP contribution in [0.15, 0.2) is 18.2 Å². The first-order valence-corrected chi connectivity index (χ1v) is 7.02. The molecule has 1 aromatic rings. The van der Waals surface area contributed by atoms with Crippen molar-refractivity contribution in [3.05, 3.63) is 29.3 Å². The van der Waals surface area contributed by atoms with Crippen LogP contribution < -0.4 is 4.74 Å². The van der Waals surface area contributed by atoms with Gasteiger partial charge in [0.2, 0.25) is 0 Å². The Morgan fingerprint density at radius 1 is 1.28 bits per heavy atom. The average Bonchev–Trinajstić information content (AvgIpc) is 2.40. The highest BCUT2D eigenvalue weighted by atomic mass is 16.5. The number of benzene rings is 1. The van der Waals surface area contributed by atoms with Gasteiger partial charge in [0, 0.05) is 6.42 Å². The van der Waals surface area contributed by atoms with E-state index in [1.54, 1.807) is 7.11 Å². The lowest BCUT2D eigenvalue weighted by atomic mass is 9.83. The summed E-state index contributed by atoms with van der Waals surface area (Å²) in [5.41, 5.74) is 2.36. The first kappa shape index (κ1) is 13.4. The lowest BCUT2D eigenvalue weighted by Gasteiger charge is -2.27. The van der Waals surface area contributed by atoms with Crippen molar-refractivity contribution in [1.82, 2.24) is 0 Å². The smallest absolute Gasteiger partial charge is 0.122 e. The fourth-order valence-electron chi connectivity index (χ4n) is 2.98. The number of ether oxygens (including phenoxy) is 1. The van der Waals surface area contributed by atoms with Crippen molar-refractivity contribution in [2.24, 2.45) is 5.92 Å². The molecule has 1 saturated carbocycles. The summed E-state index contributed by atoms with van der Waals surface area (Å²) >= 11 is 0. The maximum Gasteiger partial charge on any atom is 0.122 e. The highest BCUT2D eigenvalue weighted by Crippen LogP contribution is 2.30. The Hall–Kier alpha value is -1.02. The minimum absolute atomic E-state index is 0.221. The molecule has 1 unspecified atom stereocenters. The maximum atomic E-state index is 10.4. The summed E-state index contributed by atoms with van der Waals surface area (Å²) in [6.45, 7) is 2.08. The third-order valence-electron chi connectivity index (χ3n) is 4.06. The SMILES string of the molecule is COc1ccc(C)cc1CC(O)C1CCCCC1. The van der Waals surface area contributed by atoms with Crippen molar-refractivity contribution in [3.63, 3.8) is 0 Å². The van der Waals surface area contributed by atoms with Crippen LogP contribution in [0.1, 0.15) is 43.2 Å². The first-order valence-electron chi connectivity index (χ1n) is 7.02. The highest BCUT2D eigenvalue weighted by molar-refractivity contribution is 5.37. The molecule has 0 bridgehead atoms. The predicted molar refractivity (Wildman–Crippen MR) is 74.0 cm³/mol. The monoisotopic (exact) mass is 248 g/mol. The lowest BCUT2D eigenvalue weighted by molar-refractivity contribution is 0.0845. The molecule has 2 rings (SSSR count). The first-order chi connectivity index (χ1) is 8.70. The van der Waals surface area contributed by atoms with Gasteiger partial charge in [-0.05, 0) is 37.3 Å². The molecule has 2 nitrogen and oxygen atoms in total. The number of aliphatic hydroxyl groups is 1. The van der Waals surface area contributed by atoms with E-state index < -0.39 is 0 Å². The average molecular weight is 248 g/mol.